The highest BCUT2D eigenvalue weighted by atomic mass is 35.5. The van der Waals surface area contributed by atoms with Crippen LogP contribution in [0.4, 0.5) is 18.9 Å². The number of benzene rings is 1. The lowest BCUT2D eigenvalue weighted by Gasteiger charge is -2.15. The van der Waals surface area contributed by atoms with Crippen LogP contribution in [0.3, 0.4) is 0 Å². The second-order valence-corrected chi connectivity index (χ2v) is 5.47. The lowest BCUT2D eigenvalue weighted by molar-refractivity contribution is -0.153. The Bertz CT molecular complexity index is 583. The van der Waals surface area contributed by atoms with E-state index in [2.05, 4.69) is 15.4 Å². The molecule has 0 saturated carbocycles. The van der Waals surface area contributed by atoms with Gasteiger partial charge < -0.3 is 21.1 Å². The zero-order valence-corrected chi connectivity index (χ0v) is 14.5. The molecule has 1 aromatic rings. The summed E-state index contributed by atoms with van der Waals surface area (Å²) in [6.45, 7) is 1.83. The Morgan fingerprint density at radius 3 is 2.48 bits per heavy atom. The van der Waals surface area contributed by atoms with Crippen LogP contribution in [-0.2, 0) is 9.59 Å². The van der Waals surface area contributed by atoms with Crippen molar-refractivity contribution in [2.24, 2.45) is 11.7 Å². The molecule has 6 nitrogen and oxygen atoms in total. The van der Waals surface area contributed by atoms with Crippen LogP contribution in [-0.4, -0.2) is 37.2 Å². The number of carbonyl (C=O) groups excluding carboxylic acids is 2. The quantitative estimate of drug-likeness (QED) is 0.672. The number of nitrogens with one attached hydrogen (secondary N) is 2. The molecule has 142 valence electrons. The van der Waals surface area contributed by atoms with E-state index < -0.39 is 30.6 Å². The Labute approximate surface area is 149 Å². The molecule has 10 heteroatoms. The molecule has 0 bridgehead atoms. The SMILES string of the molecule is CC(C)[C@H](N)C(=O)NCC(=O)Nc1cccc(OCC(F)(F)F)c1.Cl. The Morgan fingerprint density at radius 1 is 1.28 bits per heavy atom. The summed E-state index contributed by atoms with van der Waals surface area (Å²) in [5.41, 5.74) is 5.89. The Hall–Kier alpha value is -2.00. The number of nitrogens with two attached hydrogens (primary N) is 1. The summed E-state index contributed by atoms with van der Waals surface area (Å²) in [5, 5.41) is 4.83. The van der Waals surface area contributed by atoms with Gasteiger partial charge in [-0.05, 0) is 18.1 Å². The smallest absolute Gasteiger partial charge is 0.422 e. The highest BCUT2D eigenvalue weighted by Crippen LogP contribution is 2.21. The van der Waals surface area contributed by atoms with Crippen molar-refractivity contribution in [1.82, 2.24) is 5.32 Å². The predicted molar refractivity (Wildman–Crippen MR) is 89.7 cm³/mol. The van der Waals surface area contributed by atoms with Crippen LogP contribution in [0.25, 0.3) is 0 Å². The van der Waals surface area contributed by atoms with Gasteiger partial charge in [-0.25, -0.2) is 0 Å². The number of halogens is 4. The molecule has 0 aliphatic rings. The van der Waals surface area contributed by atoms with E-state index in [1.165, 1.54) is 24.3 Å². The summed E-state index contributed by atoms with van der Waals surface area (Å²) in [6.07, 6.45) is -4.45. The molecule has 0 spiro atoms. The zero-order chi connectivity index (χ0) is 18.3. The molecule has 0 aromatic heterocycles. The Kier molecular flexibility index (Phi) is 9.29. The molecule has 0 unspecified atom stereocenters. The van der Waals surface area contributed by atoms with E-state index in [9.17, 15) is 22.8 Å². The molecule has 0 heterocycles. The van der Waals surface area contributed by atoms with Gasteiger partial charge in [0.2, 0.25) is 11.8 Å². The number of anilines is 1. The minimum absolute atomic E-state index is 0. The van der Waals surface area contributed by atoms with Crippen LogP contribution in [0, 0.1) is 5.92 Å². The lowest BCUT2D eigenvalue weighted by Crippen LogP contribution is -2.46. The first kappa shape index (κ1) is 23.0. The van der Waals surface area contributed by atoms with Crippen LogP contribution in [0.2, 0.25) is 0 Å². The predicted octanol–water partition coefficient (Wildman–Crippen LogP) is 2.09. The van der Waals surface area contributed by atoms with Crippen molar-refractivity contribution in [3.05, 3.63) is 24.3 Å². The van der Waals surface area contributed by atoms with Gasteiger partial charge in [-0.1, -0.05) is 19.9 Å². The molecular formula is C15H21ClF3N3O3. The molecular weight excluding hydrogens is 363 g/mol. The Morgan fingerprint density at radius 2 is 1.92 bits per heavy atom. The van der Waals surface area contributed by atoms with E-state index >= 15 is 0 Å². The summed E-state index contributed by atoms with van der Waals surface area (Å²) in [7, 11) is 0. The van der Waals surface area contributed by atoms with Crippen molar-refractivity contribution < 1.29 is 27.5 Å². The molecule has 0 saturated heterocycles. The van der Waals surface area contributed by atoms with Gasteiger partial charge in [-0.3, -0.25) is 9.59 Å². The molecule has 0 aliphatic heterocycles. The number of alkyl halides is 3. The van der Waals surface area contributed by atoms with Crippen molar-refractivity contribution in [2.45, 2.75) is 26.1 Å². The van der Waals surface area contributed by atoms with Crippen molar-refractivity contribution in [2.75, 3.05) is 18.5 Å². The summed E-state index contributed by atoms with van der Waals surface area (Å²) < 4.78 is 40.9. The number of ether oxygens (including phenoxy) is 1. The third-order valence-electron chi connectivity index (χ3n) is 2.96. The van der Waals surface area contributed by atoms with E-state index in [0.29, 0.717) is 0 Å². The van der Waals surface area contributed by atoms with Crippen LogP contribution in [0.5, 0.6) is 5.75 Å². The standard InChI is InChI=1S/C15H20F3N3O3.ClH/c1-9(2)13(19)14(23)20-7-12(22)21-10-4-3-5-11(6-10)24-8-15(16,17)18;/h3-6,9,13H,7-8,19H2,1-2H3,(H,20,23)(H,21,22);1H/t13-;/m0./s1. The average molecular weight is 384 g/mol. The zero-order valence-electron chi connectivity index (χ0n) is 13.7. The molecule has 1 rings (SSSR count). The number of rotatable bonds is 7. The maximum absolute atomic E-state index is 12.1. The first-order chi connectivity index (χ1) is 11.1. The fourth-order valence-electron chi connectivity index (χ4n) is 1.62. The maximum Gasteiger partial charge on any atom is 0.422 e. The largest absolute Gasteiger partial charge is 0.484 e. The highest BCUT2D eigenvalue weighted by molar-refractivity contribution is 5.95. The first-order valence-corrected chi connectivity index (χ1v) is 7.21. The molecule has 0 radical (unpaired) electrons. The van der Waals surface area contributed by atoms with Crippen molar-refractivity contribution in [1.29, 1.82) is 0 Å². The van der Waals surface area contributed by atoms with E-state index in [-0.39, 0.29) is 36.3 Å². The first-order valence-electron chi connectivity index (χ1n) is 7.21. The van der Waals surface area contributed by atoms with Crippen LogP contribution in [0.1, 0.15) is 13.8 Å². The fourth-order valence-corrected chi connectivity index (χ4v) is 1.62. The summed E-state index contributed by atoms with van der Waals surface area (Å²) in [5.74, 6) is -1.10. The van der Waals surface area contributed by atoms with Crippen LogP contribution < -0.4 is 21.1 Å². The van der Waals surface area contributed by atoms with Gasteiger partial charge in [0.15, 0.2) is 6.61 Å². The van der Waals surface area contributed by atoms with Crippen LogP contribution in [0.15, 0.2) is 24.3 Å². The van der Waals surface area contributed by atoms with Crippen molar-refractivity contribution >= 4 is 29.9 Å². The van der Waals surface area contributed by atoms with Crippen LogP contribution >= 0.6 is 12.4 Å². The van der Waals surface area contributed by atoms with Gasteiger partial charge in [-0.15, -0.1) is 12.4 Å². The van der Waals surface area contributed by atoms with Gasteiger partial charge in [0.1, 0.15) is 5.75 Å². The topological polar surface area (TPSA) is 93.5 Å². The van der Waals surface area contributed by atoms with Crippen molar-refractivity contribution in [3.8, 4) is 5.75 Å². The van der Waals surface area contributed by atoms with Gasteiger partial charge >= 0.3 is 6.18 Å². The second-order valence-electron chi connectivity index (χ2n) is 5.47. The normalized spacial score (nSPS) is 12.1. The number of amides is 2. The maximum atomic E-state index is 12.1. The fraction of sp³-hybridized carbons (Fsp3) is 0.467. The van der Waals surface area contributed by atoms with Gasteiger partial charge in [0.05, 0.1) is 12.6 Å². The number of hydrogen-bond donors (Lipinski definition) is 3. The molecule has 0 fully saturated rings. The summed E-state index contributed by atoms with van der Waals surface area (Å²) in [4.78, 5) is 23.4. The van der Waals surface area contributed by atoms with Gasteiger partial charge in [0.25, 0.3) is 0 Å². The van der Waals surface area contributed by atoms with Gasteiger partial charge in [-0.2, -0.15) is 13.2 Å². The molecule has 1 atom stereocenters. The van der Waals surface area contributed by atoms with Gasteiger partial charge in [0, 0.05) is 11.8 Å². The monoisotopic (exact) mass is 383 g/mol. The summed E-state index contributed by atoms with van der Waals surface area (Å²) >= 11 is 0. The van der Waals surface area contributed by atoms with Crippen molar-refractivity contribution in [3.63, 3.8) is 0 Å². The highest BCUT2D eigenvalue weighted by Gasteiger charge is 2.28. The van der Waals surface area contributed by atoms with E-state index in [0.717, 1.165) is 0 Å². The summed E-state index contributed by atoms with van der Waals surface area (Å²) in [6, 6.07) is 4.79. The minimum atomic E-state index is -4.45. The third-order valence-corrected chi connectivity index (χ3v) is 2.96. The average Bonchev–Trinajstić information content (AvgIpc) is 2.49. The molecule has 1 aromatic carbocycles. The van der Waals surface area contributed by atoms with E-state index in [4.69, 9.17) is 5.73 Å². The van der Waals surface area contributed by atoms with E-state index in [1.807, 2.05) is 0 Å². The molecule has 2 amide bonds. The molecule has 25 heavy (non-hydrogen) atoms. The molecule has 4 N–H and O–H groups in total. The molecule has 0 aliphatic carbocycles. The number of hydrogen-bond acceptors (Lipinski definition) is 4. The Balaban J connectivity index is 0.00000576. The second kappa shape index (κ2) is 10.1. The lowest BCUT2D eigenvalue weighted by atomic mass is 10.1. The third kappa shape index (κ3) is 9.16. The van der Waals surface area contributed by atoms with E-state index in [1.54, 1.807) is 13.8 Å². The number of carbonyl (C=O) groups is 2. The minimum Gasteiger partial charge on any atom is -0.484 e.